The van der Waals surface area contributed by atoms with Crippen molar-refractivity contribution in [2.75, 3.05) is 13.7 Å². The molecule has 1 aliphatic carbocycles. The van der Waals surface area contributed by atoms with Crippen molar-refractivity contribution in [2.24, 2.45) is 5.92 Å². The van der Waals surface area contributed by atoms with Crippen molar-refractivity contribution in [1.29, 1.82) is 0 Å². The van der Waals surface area contributed by atoms with Gasteiger partial charge in [0.15, 0.2) is 0 Å². The molecule has 6 rings (SSSR count). The second-order valence-electron chi connectivity index (χ2n) is 7.00. The molecule has 3 aliphatic heterocycles. The lowest BCUT2D eigenvalue weighted by molar-refractivity contribution is -0.155. The number of fused-ring (bicyclic) bond motifs is 3. The number of hydrogen-bond donors (Lipinski definition) is 1. The Morgan fingerprint density at radius 2 is 2.17 bits per heavy atom. The number of esters is 1. The van der Waals surface area contributed by atoms with Gasteiger partial charge in [-0.05, 0) is 24.0 Å². The molecule has 122 valence electrons. The molecule has 1 amide bonds. The lowest BCUT2D eigenvalue weighted by Crippen LogP contribution is -2.63. The lowest BCUT2D eigenvalue weighted by Gasteiger charge is -2.50. The number of piperidine rings is 1. The van der Waals surface area contributed by atoms with Crippen LogP contribution in [0.4, 0.5) is 0 Å². The van der Waals surface area contributed by atoms with E-state index in [1.807, 2.05) is 35.2 Å². The predicted molar refractivity (Wildman–Crippen MR) is 88.4 cm³/mol. The van der Waals surface area contributed by atoms with Gasteiger partial charge in [0.25, 0.3) is 0 Å². The molecule has 0 saturated carbocycles. The summed E-state index contributed by atoms with van der Waals surface area (Å²) in [6, 6.07) is 7.67. The molecule has 4 bridgehead atoms. The Morgan fingerprint density at radius 1 is 1.33 bits per heavy atom. The Hall–Kier alpha value is -2.56. The third-order valence-electron chi connectivity index (χ3n) is 5.88. The van der Waals surface area contributed by atoms with Crippen LogP contribution in [-0.4, -0.2) is 41.5 Å². The van der Waals surface area contributed by atoms with E-state index < -0.39 is 5.41 Å². The highest BCUT2D eigenvalue weighted by Gasteiger charge is 2.60. The maximum absolute atomic E-state index is 13.0. The van der Waals surface area contributed by atoms with Gasteiger partial charge in [-0.3, -0.25) is 9.59 Å². The Morgan fingerprint density at radius 3 is 2.96 bits per heavy atom. The molecule has 4 heterocycles. The number of para-hydroxylation sites is 1. The Bertz CT molecular complexity index is 912. The number of carbonyl (C=O) groups is 2. The first-order valence-electron chi connectivity index (χ1n) is 8.31. The molecule has 0 spiro atoms. The molecule has 3 atom stereocenters. The molecule has 1 N–H and O–H groups in total. The predicted octanol–water partition coefficient (Wildman–Crippen LogP) is 1.92. The lowest BCUT2D eigenvalue weighted by atomic mass is 9.64. The third-order valence-corrected chi connectivity index (χ3v) is 5.88. The first-order valence-corrected chi connectivity index (χ1v) is 8.31. The van der Waals surface area contributed by atoms with Crippen molar-refractivity contribution in [3.8, 4) is 0 Å². The van der Waals surface area contributed by atoms with Crippen molar-refractivity contribution >= 4 is 22.8 Å². The van der Waals surface area contributed by atoms with Crippen molar-refractivity contribution in [3.05, 3.63) is 47.7 Å². The van der Waals surface area contributed by atoms with Crippen LogP contribution in [0.1, 0.15) is 17.7 Å². The molecule has 0 radical (unpaired) electrons. The van der Waals surface area contributed by atoms with Gasteiger partial charge < -0.3 is 14.6 Å². The molecule has 1 fully saturated rings. The molecule has 2 aromatic rings. The van der Waals surface area contributed by atoms with E-state index in [-0.39, 0.29) is 23.8 Å². The van der Waals surface area contributed by atoms with Crippen LogP contribution in [0, 0.1) is 5.92 Å². The van der Waals surface area contributed by atoms with Crippen LogP contribution in [0.2, 0.25) is 0 Å². The van der Waals surface area contributed by atoms with Gasteiger partial charge in [0.2, 0.25) is 5.91 Å². The summed E-state index contributed by atoms with van der Waals surface area (Å²) in [7, 11) is 1.43. The van der Waals surface area contributed by atoms with E-state index in [0.29, 0.717) is 19.4 Å². The van der Waals surface area contributed by atoms with Crippen LogP contribution < -0.4 is 0 Å². The molecule has 5 nitrogen and oxygen atoms in total. The highest BCUT2D eigenvalue weighted by Crippen LogP contribution is 2.50. The standard InChI is InChI=1S/C19H18N2O3/c1-24-18(23)19-9-11-6-7-15(19)21(10-11)16(22)8-13-12-4-2-3-5-14(12)20-17(13)19/h2-7,11,15,20H,8-10H2,1H3/t11-,15+,19+/m0/s1. The highest BCUT2D eigenvalue weighted by atomic mass is 16.5. The molecule has 4 aliphatic rings. The Kier molecular flexibility index (Phi) is 2.59. The number of carbonyl (C=O) groups excluding carboxylic acids is 2. The summed E-state index contributed by atoms with van der Waals surface area (Å²) in [6.45, 7) is 0.695. The Labute approximate surface area is 139 Å². The van der Waals surface area contributed by atoms with Crippen molar-refractivity contribution < 1.29 is 14.3 Å². The highest BCUT2D eigenvalue weighted by molar-refractivity contribution is 5.97. The van der Waals surface area contributed by atoms with Crippen LogP contribution in [0.5, 0.6) is 0 Å². The summed E-state index contributed by atoms with van der Waals surface area (Å²) in [5.74, 6) is 0.0234. The average Bonchev–Trinajstić information content (AvgIpc) is 2.97. The van der Waals surface area contributed by atoms with Gasteiger partial charge in [-0.15, -0.1) is 0 Å². The number of nitrogens with one attached hydrogen (secondary N) is 1. The average molecular weight is 322 g/mol. The fraction of sp³-hybridized carbons (Fsp3) is 0.368. The van der Waals surface area contributed by atoms with Crippen molar-refractivity contribution in [2.45, 2.75) is 24.3 Å². The second-order valence-corrected chi connectivity index (χ2v) is 7.00. The van der Waals surface area contributed by atoms with Gasteiger partial charge in [-0.2, -0.15) is 0 Å². The van der Waals surface area contributed by atoms with E-state index in [1.165, 1.54) is 7.11 Å². The first kappa shape index (κ1) is 13.8. The Balaban J connectivity index is 1.87. The largest absolute Gasteiger partial charge is 0.468 e. The molecule has 0 unspecified atom stereocenters. The van der Waals surface area contributed by atoms with Crippen LogP contribution in [-0.2, 0) is 26.2 Å². The number of hydrogen-bond acceptors (Lipinski definition) is 3. The number of nitrogens with zero attached hydrogens (tertiary/aromatic N) is 1. The van der Waals surface area contributed by atoms with E-state index >= 15 is 0 Å². The van der Waals surface area contributed by atoms with Gasteiger partial charge >= 0.3 is 5.97 Å². The summed E-state index contributed by atoms with van der Waals surface area (Å²) in [6.07, 6.45) is 5.18. The molecule has 24 heavy (non-hydrogen) atoms. The maximum atomic E-state index is 13.0. The monoisotopic (exact) mass is 322 g/mol. The van der Waals surface area contributed by atoms with Crippen molar-refractivity contribution in [1.82, 2.24) is 9.88 Å². The summed E-state index contributed by atoms with van der Waals surface area (Å²) in [4.78, 5) is 31.2. The molecule has 1 aromatic carbocycles. The summed E-state index contributed by atoms with van der Waals surface area (Å²) >= 11 is 0. The van der Waals surface area contributed by atoms with E-state index in [1.54, 1.807) is 0 Å². The number of aromatic amines is 1. The molecule has 1 saturated heterocycles. The molecule has 1 aromatic heterocycles. The molecule has 5 heteroatoms. The first-order chi connectivity index (χ1) is 11.6. The number of amides is 1. The number of H-pyrrole nitrogens is 1. The SMILES string of the molecule is COC(=O)[C@]12C[C@@H]3C=C[C@H]1N(C3)C(=O)Cc1c2[nH]c2ccccc12. The van der Waals surface area contributed by atoms with Gasteiger partial charge in [-0.25, -0.2) is 0 Å². The zero-order valence-electron chi connectivity index (χ0n) is 13.4. The van der Waals surface area contributed by atoms with E-state index in [9.17, 15) is 9.59 Å². The minimum atomic E-state index is -0.826. The zero-order chi connectivity index (χ0) is 16.5. The van der Waals surface area contributed by atoms with Gasteiger partial charge in [0, 0.05) is 23.1 Å². The van der Waals surface area contributed by atoms with Crippen LogP contribution in [0.3, 0.4) is 0 Å². The maximum Gasteiger partial charge on any atom is 0.320 e. The molecular formula is C19H18N2O3. The molecular weight excluding hydrogens is 304 g/mol. The third kappa shape index (κ3) is 1.50. The fourth-order valence-corrected chi connectivity index (χ4v) is 4.90. The minimum Gasteiger partial charge on any atom is -0.468 e. The number of rotatable bonds is 1. The number of aromatic nitrogens is 1. The normalized spacial score (nSPS) is 30.4. The zero-order valence-corrected chi connectivity index (χ0v) is 13.4. The van der Waals surface area contributed by atoms with Crippen LogP contribution >= 0.6 is 0 Å². The second kappa shape index (κ2) is 4.50. The van der Waals surface area contributed by atoms with Gasteiger partial charge in [-0.1, -0.05) is 30.4 Å². The minimum absolute atomic E-state index is 0.0887. The van der Waals surface area contributed by atoms with Gasteiger partial charge in [0.05, 0.1) is 19.6 Å². The quantitative estimate of drug-likeness (QED) is 0.644. The van der Waals surface area contributed by atoms with E-state index in [2.05, 4.69) is 11.1 Å². The van der Waals surface area contributed by atoms with E-state index in [4.69, 9.17) is 4.74 Å². The van der Waals surface area contributed by atoms with Crippen LogP contribution in [0.15, 0.2) is 36.4 Å². The van der Waals surface area contributed by atoms with Crippen LogP contribution in [0.25, 0.3) is 10.9 Å². The van der Waals surface area contributed by atoms with Gasteiger partial charge in [0.1, 0.15) is 5.41 Å². The number of ether oxygens (including phenoxy) is 1. The topological polar surface area (TPSA) is 62.4 Å². The van der Waals surface area contributed by atoms with Crippen molar-refractivity contribution in [3.63, 3.8) is 0 Å². The summed E-state index contributed by atoms with van der Waals surface area (Å²) in [5, 5.41) is 1.03. The number of benzene rings is 1. The summed E-state index contributed by atoms with van der Waals surface area (Å²) in [5.41, 5.74) is 1.96. The number of methoxy groups -OCH3 is 1. The van der Waals surface area contributed by atoms with E-state index in [0.717, 1.165) is 22.2 Å². The fourth-order valence-electron chi connectivity index (χ4n) is 4.90. The smallest absolute Gasteiger partial charge is 0.320 e. The summed E-state index contributed by atoms with van der Waals surface area (Å²) < 4.78 is 5.23.